The molecule has 27 heavy (non-hydrogen) atoms. The first kappa shape index (κ1) is 17.0. The molecule has 0 radical (unpaired) electrons. The summed E-state index contributed by atoms with van der Waals surface area (Å²) in [5.74, 6) is 0.348. The monoisotopic (exact) mass is 356 g/mol. The van der Waals surface area contributed by atoms with Crippen molar-refractivity contribution in [3.8, 4) is 22.8 Å². The van der Waals surface area contributed by atoms with Gasteiger partial charge < -0.3 is 0 Å². The van der Waals surface area contributed by atoms with Gasteiger partial charge >= 0.3 is 0 Å². The molecule has 0 aliphatic heterocycles. The van der Waals surface area contributed by atoms with Crippen LogP contribution < -0.4 is 5.43 Å². The van der Waals surface area contributed by atoms with Crippen molar-refractivity contribution in [3.05, 3.63) is 94.9 Å². The summed E-state index contributed by atoms with van der Waals surface area (Å²) in [4.78, 5) is 12.6. The molecule has 0 fully saturated rings. The maximum Gasteiger partial charge on any atom is 0.209 e. The number of aromatic nitrogens is 4. The lowest BCUT2D eigenvalue weighted by Gasteiger charge is -2.15. The van der Waals surface area contributed by atoms with Crippen molar-refractivity contribution in [2.75, 3.05) is 0 Å². The zero-order valence-electron chi connectivity index (χ0n) is 15.3. The molecule has 0 aliphatic carbocycles. The highest BCUT2D eigenvalue weighted by molar-refractivity contribution is 5.57. The van der Waals surface area contributed by atoms with Crippen LogP contribution in [0.4, 0.5) is 0 Å². The molecule has 2 aromatic carbocycles. The van der Waals surface area contributed by atoms with Gasteiger partial charge in [0.2, 0.25) is 5.43 Å². The Kier molecular flexibility index (Phi) is 4.42. The van der Waals surface area contributed by atoms with Crippen LogP contribution in [-0.2, 0) is 0 Å². The van der Waals surface area contributed by atoms with E-state index < -0.39 is 0 Å². The van der Waals surface area contributed by atoms with E-state index in [9.17, 15) is 4.79 Å². The Morgan fingerprint density at radius 2 is 1.63 bits per heavy atom. The van der Waals surface area contributed by atoms with Crippen LogP contribution in [0.15, 0.2) is 83.9 Å². The van der Waals surface area contributed by atoms with Crippen LogP contribution in [0.1, 0.15) is 25.3 Å². The molecule has 0 bridgehead atoms. The van der Waals surface area contributed by atoms with Crippen molar-refractivity contribution in [1.82, 2.24) is 19.6 Å². The number of nitrogens with zero attached hydrogens (tertiary/aromatic N) is 4. The topological polar surface area (TPSA) is 52.7 Å². The number of benzene rings is 2. The van der Waals surface area contributed by atoms with Gasteiger partial charge in [0.05, 0.1) is 23.3 Å². The zero-order chi connectivity index (χ0) is 18.8. The molecule has 0 N–H and O–H groups in total. The molecule has 5 nitrogen and oxygen atoms in total. The fourth-order valence-electron chi connectivity index (χ4n) is 3.16. The largest absolute Gasteiger partial charge is 0.287 e. The van der Waals surface area contributed by atoms with Gasteiger partial charge in [0.15, 0.2) is 5.69 Å². The third-order valence-corrected chi connectivity index (χ3v) is 4.50. The number of hydrogen-bond donors (Lipinski definition) is 0. The predicted molar refractivity (Wildman–Crippen MR) is 106 cm³/mol. The predicted octanol–water partition coefficient (Wildman–Crippen LogP) is 4.21. The molecule has 5 heteroatoms. The first-order chi connectivity index (χ1) is 13.1. The maximum absolute atomic E-state index is 12.6. The van der Waals surface area contributed by atoms with E-state index in [1.807, 2.05) is 54.6 Å². The van der Waals surface area contributed by atoms with E-state index in [1.165, 1.54) is 5.56 Å². The first-order valence-corrected chi connectivity index (χ1v) is 8.94. The van der Waals surface area contributed by atoms with E-state index in [-0.39, 0.29) is 5.43 Å². The lowest BCUT2D eigenvalue weighted by molar-refractivity contribution is 0.785. The van der Waals surface area contributed by atoms with Crippen LogP contribution in [0.3, 0.4) is 0 Å². The molecule has 0 saturated carbocycles. The Morgan fingerprint density at radius 1 is 0.889 bits per heavy atom. The summed E-state index contributed by atoms with van der Waals surface area (Å²) < 4.78 is 3.51. The second-order valence-electron chi connectivity index (χ2n) is 6.65. The van der Waals surface area contributed by atoms with E-state index in [0.717, 1.165) is 11.4 Å². The van der Waals surface area contributed by atoms with Crippen LogP contribution in [0.25, 0.3) is 22.8 Å². The van der Waals surface area contributed by atoms with Gasteiger partial charge in [0, 0.05) is 12.3 Å². The molecule has 0 spiro atoms. The summed E-state index contributed by atoms with van der Waals surface area (Å²) in [7, 11) is 0. The number of hydrogen-bond acceptors (Lipinski definition) is 3. The third-order valence-electron chi connectivity index (χ3n) is 4.50. The van der Waals surface area contributed by atoms with E-state index in [4.69, 9.17) is 0 Å². The van der Waals surface area contributed by atoms with E-state index in [0.29, 0.717) is 17.3 Å². The molecule has 0 atom stereocenters. The Morgan fingerprint density at radius 3 is 2.41 bits per heavy atom. The fraction of sp³-hybridized carbons (Fsp3) is 0.136. The van der Waals surface area contributed by atoms with Crippen molar-refractivity contribution in [3.63, 3.8) is 0 Å². The third kappa shape index (κ3) is 3.19. The molecule has 2 heterocycles. The minimum atomic E-state index is -0.133. The lowest BCUT2D eigenvalue weighted by Crippen LogP contribution is -2.15. The SMILES string of the molecule is CC(C)c1ccccc1-n1ccc(=O)c(-c2ccnn2-c2ccccc2)n1. The van der Waals surface area contributed by atoms with Gasteiger partial charge in [-0.1, -0.05) is 50.2 Å². The van der Waals surface area contributed by atoms with Gasteiger partial charge in [0.1, 0.15) is 0 Å². The van der Waals surface area contributed by atoms with Crippen molar-refractivity contribution >= 4 is 0 Å². The van der Waals surface area contributed by atoms with Gasteiger partial charge in [-0.15, -0.1) is 0 Å². The lowest BCUT2D eigenvalue weighted by atomic mass is 10.0. The summed E-state index contributed by atoms with van der Waals surface area (Å²) in [5, 5.41) is 9.04. The highest BCUT2D eigenvalue weighted by Crippen LogP contribution is 2.23. The summed E-state index contributed by atoms with van der Waals surface area (Å²) in [6, 6.07) is 21.2. The van der Waals surface area contributed by atoms with Crippen molar-refractivity contribution in [2.45, 2.75) is 19.8 Å². The van der Waals surface area contributed by atoms with Crippen LogP contribution in [-0.4, -0.2) is 19.6 Å². The molecule has 4 rings (SSSR count). The number of para-hydroxylation sites is 2. The minimum absolute atomic E-state index is 0.133. The maximum atomic E-state index is 12.6. The average Bonchev–Trinajstić information content (AvgIpc) is 3.18. The molecular formula is C22H20N4O. The molecule has 2 aromatic heterocycles. The Balaban J connectivity index is 1.87. The van der Waals surface area contributed by atoms with E-state index in [1.54, 1.807) is 27.8 Å². The van der Waals surface area contributed by atoms with Crippen LogP contribution >= 0.6 is 0 Å². The standard InChI is InChI=1S/C22H20N4O/c1-16(2)18-10-6-7-11-19(18)25-15-13-21(27)22(24-25)20-12-14-23-26(20)17-8-4-3-5-9-17/h3-16H,1-2H3. The van der Waals surface area contributed by atoms with Crippen LogP contribution in [0, 0.1) is 0 Å². The highest BCUT2D eigenvalue weighted by Gasteiger charge is 2.15. The molecule has 4 aromatic rings. The molecular weight excluding hydrogens is 336 g/mol. The van der Waals surface area contributed by atoms with Crippen molar-refractivity contribution < 1.29 is 0 Å². The molecule has 0 saturated heterocycles. The van der Waals surface area contributed by atoms with Crippen molar-refractivity contribution in [1.29, 1.82) is 0 Å². The van der Waals surface area contributed by atoms with Gasteiger partial charge in [0.25, 0.3) is 0 Å². The molecule has 0 amide bonds. The fourth-order valence-corrected chi connectivity index (χ4v) is 3.16. The van der Waals surface area contributed by atoms with Gasteiger partial charge in [-0.3, -0.25) is 4.79 Å². The second-order valence-corrected chi connectivity index (χ2v) is 6.65. The summed E-state index contributed by atoms with van der Waals surface area (Å²) in [6.45, 7) is 4.29. The van der Waals surface area contributed by atoms with Crippen LogP contribution in [0.2, 0.25) is 0 Å². The first-order valence-electron chi connectivity index (χ1n) is 8.94. The van der Waals surface area contributed by atoms with Crippen molar-refractivity contribution in [2.24, 2.45) is 0 Å². The zero-order valence-corrected chi connectivity index (χ0v) is 15.3. The summed E-state index contributed by atoms with van der Waals surface area (Å²) in [6.07, 6.45) is 3.40. The van der Waals surface area contributed by atoms with Gasteiger partial charge in [-0.25, -0.2) is 9.36 Å². The minimum Gasteiger partial charge on any atom is -0.287 e. The van der Waals surface area contributed by atoms with Gasteiger partial charge in [-0.05, 0) is 35.7 Å². The summed E-state index contributed by atoms with van der Waals surface area (Å²) in [5.41, 5.74) is 3.94. The quantitative estimate of drug-likeness (QED) is 0.550. The molecule has 0 aliphatic rings. The molecule has 134 valence electrons. The number of rotatable bonds is 4. The van der Waals surface area contributed by atoms with Gasteiger partial charge in [-0.2, -0.15) is 10.2 Å². The Bertz CT molecular complexity index is 1130. The summed E-state index contributed by atoms with van der Waals surface area (Å²) >= 11 is 0. The van der Waals surface area contributed by atoms with Crippen LogP contribution in [0.5, 0.6) is 0 Å². The Hall–Kier alpha value is -3.47. The Labute approximate surface area is 157 Å². The second kappa shape index (κ2) is 7.03. The molecule has 0 unspecified atom stereocenters. The highest BCUT2D eigenvalue weighted by atomic mass is 16.1. The average molecular weight is 356 g/mol. The van der Waals surface area contributed by atoms with E-state index >= 15 is 0 Å². The normalized spacial score (nSPS) is 11.1. The smallest absolute Gasteiger partial charge is 0.209 e. The van der Waals surface area contributed by atoms with E-state index in [2.05, 4.69) is 30.1 Å².